The zero-order valence-corrected chi connectivity index (χ0v) is 19.7. The van der Waals surface area contributed by atoms with Crippen LogP contribution in [0.5, 0.6) is 5.75 Å². The van der Waals surface area contributed by atoms with Gasteiger partial charge in [-0.15, -0.1) is 0 Å². The van der Waals surface area contributed by atoms with Gasteiger partial charge in [0.05, 0.1) is 18.7 Å². The number of nitrogens with zero attached hydrogens (tertiary/aromatic N) is 4. The fraction of sp³-hybridized carbons (Fsp3) is 0.381. The van der Waals surface area contributed by atoms with Crippen molar-refractivity contribution >= 4 is 30.3 Å². The highest BCUT2D eigenvalue weighted by atomic mass is 31.2. The van der Waals surface area contributed by atoms with Crippen LogP contribution in [0.2, 0.25) is 0 Å². The molecule has 2 heterocycles. The first-order valence-electron chi connectivity index (χ1n) is 10.2. The molecule has 0 unspecified atom stereocenters. The molecule has 2 aromatic heterocycles. The molecule has 0 saturated carbocycles. The van der Waals surface area contributed by atoms with E-state index in [1.54, 1.807) is 45.3 Å². The number of aliphatic carboxylic acids is 1. The maximum absolute atomic E-state index is 12.9. The summed E-state index contributed by atoms with van der Waals surface area (Å²) in [5.74, 6) is -0.610. The van der Waals surface area contributed by atoms with E-state index >= 15 is 0 Å². The predicted octanol–water partition coefficient (Wildman–Crippen LogP) is 3.69. The monoisotopic (exact) mass is 476 g/mol. The fourth-order valence-corrected chi connectivity index (χ4v) is 4.55. The molecule has 0 aliphatic heterocycles. The van der Waals surface area contributed by atoms with Crippen molar-refractivity contribution in [1.29, 1.82) is 0 Å². The first kappa shape index (κ1) is 24.5. The molecule has 0 saturated heterocycles. The van der Waals surface area contributed by atoms with Crippen LogP contribution in [0.25, 0.3) is 22.0 Å². The summed E-state index contributed by atoms with van der Waals surface area (Å²) in [6.07, 6.45) is 2.82. The summed E-state index contributed by atoms with van der Waals surface area (Å²) >= 11 is 0. The molecule has 0 radical (unpaired) electrons. The van der Waals surface area contributed by atoms with E-state index in [1.165, 1.54) is 11.6 Å². The van der Waals surface area contributed by atoms with Crippen molar-refractivity contribution in [3.05, 3.63) is 36.0 Å². The Morgan fingerprint density at radius 1 is 1.12 bits per heavy atom. The highest BCUT2D eigenvalue weighted by Crippen LogP contribution is 2.48. The van der Waals surface area contributed by atoms with Gasteiger partial charge in [0.2, 0.25) is 0 Å². The van der Waals surface area contributed by atoms with Crippen molar-refractivity contribution in [2.45, 2.75) is 34.2 Å². The maximum atomic E-state index is 12.9. The highest BCUT2D eigenvalue weighted by molar-refractivity contribution is 7.53. The van der Waals surface area contributed by atoms with Gasteiger partial charge in [-0.3, -0.25) is 18.8 Å². The number of carboxylic acids is 1. The Hall–Kier alpha value is -3.14. The Morgan fingerprint density at radius 3 is 2.30 bits per heavy atom. The molecule has 3 aromatic rings. The summed E-state index contributed by atoms with van der Waals surface area (Å²) in [5.41, 5.74) is 1.60. The van der Waals surface area contributed by atoms with Crippen LogP contribution >= 0.6 is 7.60 Å². The van der Waals surface area contributed by atoms with E-state index < -0.39 is 20.1 Å². The van der Waals surface area contributed by atoms with E-state index in [-0.39, 0.29) is 36.8 Å². The smallest absolute Gasteiger partial charge is 0.367 e. The van der Waals surface area contributed by atoms with Gasteiger partial charge in [-0.05, 0) is 26.8 Å². The van der Waals surface area contributed by atoms with E-state index in [4.69, 9.17) is 13.8 Å². The van der Waals surface area contributed by atoms with Crippen molar-refractivity contribution in [3.63, 3.8) is 0 Å². The zero-order valence-electron chi connectivity index (χ0n) is 18.8. The number of aromatic nitrogens is 4. The molecule has 0 atom stereocenters. The van der Waals surface area contributed by atoms with E-state index in [2.05, 4.69) is 15.1 Å². The summed E-state index contributed by atoms with van der Waals surface area (Å²) in [5, 5.41) is 13.9. The number of benzene rings is 1. The average molecular weight is 476 g/mol. The van der Waals surface area contributed by atoms with Crippen molar-refractivity contribution in [3.8, 4) is 16.9 Å². The summed E-state index contributed by atoms with van der Waals surface area (Å²) < 4.78 is 30.6. The zero-order chi connectivity index (χ0) is 24.2. The van der Waals surface area contributed by atoms with Crippen molar-refractivity contribution in [2.24, 2.45) is 0 Å². The number of Topliss-reactive ketones (excluding diaryl/α,β-unsaturated/α-hetero) is 1. The minimum Gasteiger partial charge on any atom is -0.480 e. The second-order valence-electron chi connectivity index (χ2n) is 7.06. The van der Waals surface area contributed by atoms with E-state index in [9.17, 15) is 19.3 Å². The lowest BCUT2D eigenvalue weighted by Crippen LogP contribution is -2.11. The van der Waals surface area contributed by atoms with Crippen LogP contribution in [-0.2, 0) is 25.0 Å². The van der Waals surface area contributed by atoms with Crippen LogP contribution in [-0.4, -0.2) is 56.2 Å². The van der Waals surface area contributed by atoms with Gasteiger partial charge in [-0.2, -0.15) is 5.10 Å². The molecule has 0 amide bonds. The van der Waals surface area contributed by atoms with Gasteiger partial charge in [-0.25, -0.2) is 9.97 Å². The van der Waals surface area contributed by atoms with Crippen LogP contribution in [0.1, 0.15) is 37.1 Å². The van der Waals surface area contributed by atoms with Crippen LogP contribution in [0.4, 0.5) is 0 Å². The average Bonchev–Trinajstić information content (AvgIpc) is 3.10. The lowest BCUT2D eigenvalue weighted by molar-refractivity contribution is -0.137. The molecule has 11 nitrogen and oxygen atoms in total. The van der Waals surface area contributed by atoms with E-state index in [0.29, 0.717) is 27.9 Å². The van der Waals surface area contributed by atoms with Crippen molar-refractivity contribution in [1.82, 2.24) is 19.7 Å². The van der Waals surface area contributed by atoms with Crippen LogP contribution in [0, 0.1) is 6.92 Å². The van der Waals surface area contributed by atoms with Gasteiger partial charge in [0, 0.05) is 41.9 Å². The molecule has 0 fully saturated rings. The minimum absolute atomic E-state index is 0.126. The second-order valence-corrected chi connectivity index (χ2v) is 9.06. The Balaban J connectivity index is 2.18. The topological polar surface area (TPSA) is 143 Å². The number of ether oxygens (including phenoxy) is 1. The highest BCUT2D eigenvalue weighted by Gasteiger charge is 2.26. The first-order valence-corrected chi connectivity index (χ1v) is 12.0. The molecule has 176 valence electrons. The lowest BCUT2D eigenvalue weighted by atomic mass is 10.0. The molecule has 12 heteroatoms. The number of aryl methyl sites for hydroxylation is 1. The van der Waals surface area contributed by atoms with Gasteiger partial charge in [0.25, 0.3) is 0 Å². The van der Waals surface area contributed by atoms with Gasteiger partial charge in [-0.1, -0.05) is 0 Å². The molecule has 0 aliphatic carbocycles. The normalized spacial score (nSPS) is 11.6. The molecular formula is C21H25N4O7P. The molecule has 0 aliphatic rings. The van der Waals surface area contributed by atoms with Crippen LogP contribution in [0.3, 0.4) is 0 Å². The first-order chi connectivity index (χ1) is 15.7. The molecule has 1 aromatic carbocycles. The van der Waals surface area contributed by atoms with Gasteiger partial charge in [0.1, 0.15) is 23.8 Å². The van der Waals surface area contributed by atoms with Crippen LogP contribution < -0.4 is 4.74 Å². The third-order valence-electron chi connectivity index (χ3n) is 4.59. The number of carbonyl (C=O) groups is 2. The summed E-state index contributed by atoms with van der Waals surface area (Å²) in [6, 6.07) is 3.21. The summed E-state index contributed by atoms with van der Waals surface area (Å²) in [7, 11) is -3.53. The standard InChI is InChI=1S/C21H25N4O7P/c1-5-31-33(29,32-6-2)12-30-19-8-18-17(7-16(19)15-9-22-14(4)23-10-15)21(13(3)26)24-25(18)11-20(27)28/h7-10H,5-6,11-12H2,1-4H3,(H,27,28). The van der Waals surface area contributed by atoms with E-state index in [1.807, 2.05) is 0 Å². The van der Waals surface area contributed by atoms with Gasteiger partial charge in [0.15, 0.2) is 12.1 Å². The fourth-order valence-electron chi connectivity index (χ4n) is 3.24. The Bertz CT molecular complexity index is 1210. The number of carboxylic acid groups (broad SMARTS) is 1. The van der Waals surface area contributed by atoms with E-state index in [0.717, 1.165) is 0 Å². The molecule has 33 heavy (non-hydrogen) atoms. The molecule has 3 rings (SSSR count). The SMILES string of the molecule is CCOP(=O)(COc1cc2c(cc1-c1cnc(C)nc1)c(C(C)=O)nn2CC(=O)O)OCC. The largest absolute Gasteiger partial charge is 0.480 e. The number of hydrogen-bond donors (Lipinski definition) is 1. The summed E-state index contributed by atoms with van der Waals surface area (Å²) in [4.78, 5) is 31.9. The molecular weight excluding hydrogens is 451 g/mol. The second kappa shape index (κ2) is 10.2. The Labute approximate surface area is 190 Å². The number of fused-ring (bicyclic) bond motifs is 1. The lowest BCUT2D eigenvalue weighted by Gasteiger charge is -2.19. The molecule has 0 bridgehead atoms. The Kier molecular flexibility index (Phi) is 7.57. The quantitative estimate of drug-likeness (QED) is 0.321. The predicted molar refractivity (Wildman–Crippen MR) is 119 cm³/mol. The maximum Gasteiger partial charge on any atom is 0.367 e. The number of carbonyl (C=O) groups excluding carboxylic acids is 1. The summed E-state index contributed by atoms with van der Waals surface area (Å²) in [6.45, 7) is 6.38. The Morgan fingerprint density at radius 2 is 1.76 bits per heavy atom. The number of rotatable bonds is 11. The van der Waals surface area contributed by atoms with Gasteiger partial charge < -0.3 is 18.9 Å². The third kappa shape index (κ3) is 5.62. The molecule has 1 N–H and O–H groups in total. The van der Waals surface area contributed by atoms with Gasteiger partial charge >= 0.3 is 13.6 Å². The minimum atomic E-state index is -3.53. The van der Waals surface area contributed by atoms with Crippen molar-refractivity contribution < 1.29 is 33.0 Å². The number of hydrogen-bond acceptors (Lipinski definition) is 9. The number of ketones is 1. The third-order valence-corrected chi connectivity index (χ3v) is 6.34. The van der Waals surface area contributed by atoms with Crippen molar-refractivity contribution in [2.75, 3.05) is 19.6 Å². The van der Waals surface area contributed by atoms with Crippen LogP contribution in [0.15, 0.2) is 24.5 Å². The molecule has 0 spiro atoms.